The Morgan fingerprint density at radius 3 is 1.58 bits per heavy atom. The number of rotatable bonds is 6. The zero-order valence-corrected chi connectivity index (χ0v) is 35.9. The Labute approximate surface area is 376 Å². The van der Waals surface area contributed by atoms with Crippen molar-refractivity contribution in [3.8, 4) is 67.8 Å². The van der Waals surface area contributed by atoms with E-state index in [0.29, 0.717) is 17.6 Å². The van der Waals surface area contributed by atoms with Crippen molar-refractivity contribution < 1.29 is 0 Å². The predicted octanol–water partition coefficient (Wildman–Crippen LogP) is 15.0. The highest BCUT2D eigenvalue weighted by Gasteiger charge is 2.35. The third-order valence-electron chi connectivity index (χ3n) is 13.6. The fraction of sp³-hybridized carbons (Fsp3) is 0.0500. The monoisotopic (exact) mass is 831 g/mol. The van der Waals surface area contributed by atoms with Crippen LogP contribution in [0.25, 0.3) is 111 Å². The van der Waals surface area contributed by atoms with E-state index < -0.39 is 0 Å². The lowest BCUT2D eigenvalue weighted by atomic mass is 9.82. The molecule has 0 unspecified atom stereocenters. The Hall–Kier alpha value is -8.41. The van der Waals surface area contributed by atoms with E-state index in [4.69, 9.17) is 15.0 Å². The van der Waals surface area contributed by atoms with E-state index in [9.17, 15) is 0 Å². The van der Waals surface area contributed by atoms with Crippen molar-refractivity contribution >= 4 is 43.6 Å². The van der Waals surface area contributed by atoms with Crippen molar-refractivity contribution in [2.24, 2.45) is 0 Å². The molecule has 3 aromatic heterocycles. The average Bonchev–Trinajstić information content (AvgIpc) is 3.97. The Balaban J connectivity index is 1.08. The van der Waals surface area contributed by atoms with Crippen LogP contribution >= 0.6 is 0 Å². The van der Waals surface area contributed by atoms with Crippen molar-refractivity contribution in [1.29, 1.82) is 0 Å². The Morgan fingerprint density at radius 2 is 0.862 bits per heavy atom. The molecule has 0 bridgehead atoms. The minimum atomic E-state index is -0.109. The van der Waals surface area contributed by atoms with Gasteiger partial charge in [-0.1, -0.05) is 190 Å². The second kappa shape index (κ2) is 14.3. The van der Waals surface area contributed by atoms with Gasteiger partial charge in [-0.15, -0.1) is 0 Å². The molecule has 0 saturated carbocycles. The number of benzene rings is 9. The van der Waals surface area contributed by atoms with Gasteiger partial charge in [0.2, 0.25) is 5.95 Å². The maximum absolute atomic E-state index is 5.47. The van der Waals surface area contributed by atoms with Crippen LogP contribution in [0, 0.1) is 0 Å². The molecule has 0 atom stereocenters. The SMILES string of the molecule is CC1(C)c2ccccc2-c2cc(-c3nc(-c4ccccc4)nc(-n4c5ccccc5c5ccc6c7ccccc7n(-c7cccc(-c8cccc(-c9ccccc9)c8)c7)c6c54)n3)ccc21. The van der Waals surface area contributed by atoms with E-state index in [1.807, 2.05) is 18.2 Å². The highest BCUT2D eigenvalue weighted by Crippen LogP contribution is 2.49. The summed E-state index contributed by atoms with van der Waals surface area (Å²) in [5.74, 6) is 1.82. The predicted molar refractivity (Wildman–Crippen MR) is 268 cm³/mol. The van der Waals surface area contributed by atoms with E-state index in [0.717, 1.165) is 66.2 Å². The van der Waals surface area contributed by atoms with Gasteiger partial charge in [0.15, 0.2) is 11.6 Å². The molecular formula is C60H41N5. The molecule has 12 aromatic rings. The topological polar surface area (TPSA) is 48.5 Å². The first-order valence-electron chi connectivity index (χ1n) is 22.3. The molecule has 0 fully saturated rings. The van der Waals surface area contributed by atoms with Gasteiger partial charge in [0, 0.05) is 43.8 Å². The van der Waals surface area contributed by atoms with Crippen LogP contribution < -0.4 is 0 Å². The summed E-state index contributed by atoms with van der Waals surface area (Å²) in [7, 11) is 0. The third kappa shape index (κ3) is 5.75. The summed E-state index contributed by atoms with van der Waals surface area (Å²) in [6.45, 7) is 4.63. The summed E-state index contributed by atoms with van der Waals surface area (Å²) in [5.41, 5.74) is 17.0. The van der Waals surface area contributed by atoms with Crippen LogP contribution in [0.15, 0.2) is 212 Å². The second-order valence-corrected chi connectivity index (χ2v) is 17.6. The maximum Gasteiger partial charge on any atom is 0.238 e. The molecule has 0 radical (unpaired) electrons. The van der Waals surface area contributed by atoms with E-state index in [2.05, 4.69) is 217 Å². The van der Waals surface area contributed by atoms with Crippen molar-refractivity contribution in [1.82, 2.24) is 24.1 Å². The van der Waals surface area contributed by atoms with Gasteiger partial charge in [-0.2, -0.15) is 9.97 Å². The lowest BCUT2D eigenvalue weighted by molar-refractivity contribution is 0.660. The summed E-state index contributed by atoms with van der Waals surface area (Å²) >= 11 is 0. The second-order valence-electron chi connectivity index (χ2n) is 17.6. The molecule has 0 amide bonds. The van der Waals surface area contributed by atoms with Crippen LogP contribution in [0.4, 0.5) is 0 Å². The van der Waals surface area contributed by atoms with Crippen LogP contribution in [0.5, 0.6) is 0 Å². The van der Waals surface area contributed by atoms with Crippen LogP contribution in [-0.4, -0.2) is 24.1 Å². The van der Waals surface area contributed by atoms with Gasteiger partial charge in [-0.25, -0.2) is 4.98 Å². The molecule has 1 aliphatic rings. The largest absolute Gasteiger partial charge is 0.307 e. The van der Waals surface area contributed by atoms with E-state index >= 15 is 0 Å². The quantitative estimate of drug-likeness (QED) is 0.168. The molecule has 5 heteroatoms. The van der Waals surface area contributed by atoms with Gasteiger partial charge in [0.1, 0.15) is 0 Å². The highest BCUT2D eigenvalue weighted by molar-refractivity contribution is 6.23. The third-order valence-corrected chi connectivity index (χ3v) is 13.6. The molecule has 9 aromatic carbocycles. The van der Waals surface area contributed by atoms with Gasteiger partial charge in [0.25, 0.3) is 0 Å². The number of hydrogen-bond donors (Lipinski definition) is 0. The van der Waals surface area contributed by atoms with Crippen LogP contribution in [0.1, 0.15) is 25.0 Å². The number of para-hydroxylation sites is 2. The van der Waals surface area contributed by atoms with E-state index in [1.165, 1.54) is 38.8 Å². The van der Waals surface area contributed by atoms with Crippen molar-refractivity contribution in [3.63, 3.8) is 0 Å². The van der Waals surface area contributed by atoms with Gasteiger partial charge in [0.05, 0.1) is 22.1 Å². The summed E-state index contributed by atoms with van der Waals surface area (Å²) in [4.78, 5) is 16.1. The Bertz CT molecular complexity index is 3860. The van der Waals surface area contributed by atoms with Crippen molar-refractivity contribution in [2.45, 2.75) is 19.3 Å². The van der Waals surface area contributed by atoms with Crippen LogP contribution in [0.3, 0.4) is 0 Å². The summed E-state index contributed by atoms with van der Waals surface area (Å²) in [6, 6.07) is 76.1. The summed E-state index contributed by atoms with van der Waals surface area (Å²) in [6.07, 6.45) is 0. The molecule has 3 heterocycles. The number of aromatic nitrogens is 5. The fourth-order valence-corrected chi connectivity index (χ4v) is 10.5. The summed E-state index contributed by atoms with van der Waals surface area (Å²) < 4.78 is 4.71. The molecule has 306 valence electrons. The average molecular weight is 832 g/mol. The van der Waals surface area contributed by atoms with Crippen LogP contribution in [-0.2, 0) is 5.41 Å². The smallest absolute Gasteiger partial charge is 0.238 e. The first-order chi connectivity index (χ1) is 32.0. The molecule has 0 saturated heterocycles. The maximum atomic E-state index is 5.47. The molecular weight excluding hydrogens is 791 g/mol. The lowest BCUT2D eigenvalue weighted by Crippen LogP contribution is -2.14. The van der Waals surface area contributed by atoms with E-state index in [1.54, 1.807) is 0 Å². The van der Waals surface area contributed by atoms with Gasteiger partial charge in [-0.05, 0) is 80.9 Å². The molecule has 1 aliphatic carbocycles. The van der Waals surface area contributed by atoms with Gasteiger partial charge in [-0.3, -0.25) is 4.57 Å². The molecule has 0 N–H and O–H groups in total. The summed E-state index contributed by atoms with van der Waals surface area (Å²) in [5, 5.41) is 4.60. The Morgan fingerprint density at radius 1 is 0.338 bits per heavy atom. The molecule has 13 rings (SSSR count). The molecule has 65 heavy (non-hydrogen) atoms. The minimum absolute atomic E-state index is 0.109. The highest BCUT2D eigenvalue weighted by atomic mass is 15.2. The molecule has 5 nitrogen and oxygen atoms in total. The number of hydrogen-bond acceptors (Lipinski definition) is 3. The van der Waals surface area contributed by atoms with Crippen LogP contribution in [0.2, 0.25) is 0 Å². The van der Waals surface area contributed by atoms with Gasteiger partial charge < -0.3 is 4.57 Å². The first kappa shape index (κ1) is 37.2. The lowest BCUT2D eigenvalue weighted by Gasteiger charge is -2.21. The van der Waals surface area contributed by atoms with Gasteiger partial charge >= 0.3 is 0 Å². The normalized spacial score (nSPS) is 12.9. The van der Waals surface area contributed by atoms with Crippen molar-refractivity contribution in [3.05, 3.63) is 223 Å². The number of nitrogens with zero attached hydrogens (tertiary/aromatic N) is 5. The van der Waals surface area contributed by atoms with Crippen molar-refractivity contribution in [2.75, 3.05) is 0 Å². The minimum Gasteiger partial charge on any atom is -0.307 e. The standard InChI is InChI=1S/C60H41N5/c1-60(2)51-28-12-9-25-45(51)50-37-43(31-34-52(50)60)58-61-57(39-19-7-4-8-20-39)62-59(63-58)65-54-30-14-11-27-47(54)49-33-32-48-46-26-10-13-29-53(46)64(55(48)56(49)65)44-24-16-23-42(36-44)41-22-15-21-40(35-41)38-17-5-3-6-18-38/h3-37H,1-2H3. The zero-order chi connectivity index (χ0) is 43.2. The molecule has 0 aliphatic heterocycles. The first-order valence-corrected chi connectivity index (χ1v) is 22.3. The fourth-order valence-electron chi connectivity index (χ4n) is 10.5. The number of fused-ring (bicyclic) bond motifs is 10. The molecule has 0 spiro atoms. The van der Waals surface area contributed by atoms with E-state index in [-0.39, 0.29) is 5.41 Å². The Kier molecular flexibility index (Phi) is 8.18. The zero-order valence-electron chi connectivity index (χ0n) is 35.9.